The molecule has 7 heteroatoms. The molecule has 2 fully saturated rings. The molecule has 0 radical (unpaired) electrons. The maximum Gasteiger partial charge on any atom is 0.326 e. The van der Waals surface area contributed by atoms with Crippen LogP contribution < -0.4 is 5.69 Å². The topological polar surface area (TPSA) is 74.2 Å². The number of nitrogens with zero attached hydrogens (tertiary/aromatic N) is 4. The van der Waals surface area contributed by atoms with Crippen LogP contribution in [0, 0.1) is 0 Å². The predicted octanol–water partition coefficient (Wildman–Crippen LogP) is 4.33. The second-order valence-electron chi connectivity index (χ2n) is 9.94. The molecule has 2 saturated heterocycles. The first kappa shape index (κ1) is 22.7. The third-order valence-electron chi connectivity index (χ3n) is 7.85. The highest BCUT2D eigenvalue weighted by Gasteiger charge is 2.31. The van der Waals surface area contributed by atoms with Gasteiger partial charge in [0.05, 0.1) is 16.6 Å². The number of nitrogens with one attached hydrogen (secondary N) is 1. The van der Waals surface area contributed by atoms with E-state index in [0.717, 1.165) is 74.0 Å². The molecule has 0 aliphatic carbocycles. The van der Waals surface area contributed by atoms with E-state index in [1.807, 2.05) is 76.3 Å². The van der Waals surface area contributed by atoms with Crippen LogP contribution in [-0.4, -0.2) is 62.5 Å². The summed E-state index contributed by atoms with van der Waals surface area (Å²) in [6.45, 7) is 3.50. The molecule has 2 aliphatic heterocycles. The van der Waals surface area contributed by atoms with Crippen LogP contribution in [0.15, 0.2) is 77.9 Å². The zero-order chi connectivity index (χ0) is 24.5. The van der Waals surface area contributed by atoms with E-state index < -0.39 is 0 Å². The van der Waals surface area contributed by atoms with Crippen LogP contribution >= 0.6 is 0 Å². The molecule has 6 rings (SSSR count). The summed E-state index contributed by atoms with van der Waals surface area (Å²) in [4.78, 5) is 37.7. The van der Waals surface area contributed by atoms with Crippen LogP contribution in [0.25, 0.3) is 22.2 Å². The predicted molar refractivity (Wildman–Crippen MR) is 141 cm³/mol. The first-order valence-corrected chi connectivity index (χ1v) is 12.9. The average Bonchev–Trinajstić information content (AvgIpc) is 3.29. The number of amides is 1. The molecule has 2 aromatic heterocycles. The SMILES string of the molecule is O=C(c1cncc(-c2ccccc2)c1)N1CCC(N2CCC(n3c(=O)[nH]c4ccccc43)CC2)CC1. The van der Waals surface area contributed by atoms with Crippen LogP contribution in [-0.2, 0) is 0 Å². The number of para-hydroxylation sites is 2. The Labute approximate surface area is 210 Å². The third-order valence-corrected chi connectivity index (χ3v) is 7.85. The Balaban J connectivity index is 1.06. The maximum atomic E-state index is 13.2. The van der Waals surface area contributed by atoms with Gasteiger partial charge in [-0.2, -0.15) is 0 Å². The molecule has 0 bridgehead atoms. The number of aromatic nitrogens is 3. The summed E-state index contributed by atoms with van der Waals surface area (Å²) in [5, 5.41) is 0. The van der Waals surface area contributed by atoms with E-state index in [-0.39, 0.29) is 17.6 Å². The second-order valence-corrected chi connectivity index (χ2v) is 9.94. The smallest absolute Gasteiger partial charge is 0.326 e. The lowest BCUT2D eigenvalue weighted by molar-refractivity contribution is 0.0557. The summed E-state index contributed by atoms with van der Waals surface area (Å²) in [5.74, 6) is 0.0659. The molecule has 0 spiro atoms. The van der Waals surface area contributed by atoms with Gasteiger partial charge in [-0.3, -0.25) is 14.3 Å². The van der Waals surface area contributed by atoms with E-state index in [2.05, 4.69) is 14.9 Å². The molecule has 4 aromatic rings. The van der Waals surface area contributed by atoms with Gasteiger partial charge in [-0.25, -0.2) is 4.79 Å². The number of pyridine rings is 1. The molecule has 2 aromatic carbocycles. The Hall–Kier alpha value is -3.71. The number of hydrogen-bond acceptors (Lipinski definition) is 4. The lowest BCUT2D eigenvalue weighted by Gasteiger charge is -2.42. The van der Waals surface area contributed by atoms with Crippen molar-refractivity contribution in [3.63, 3.8) is 0 Å². The summed E-state index contributed by atoms with van der Waals surface area (Å²) >= 11 is 0. The van der Waals surface area contributed by atoms with Gasteiger partial charge in [-0.1, -0.05) is 42.5 Å². The minimum atomic E-state index is -0.00714. The van der Waals surface area contributed by atoms with Gasteiger partial charge in [0.15, 0.2) is 0 Å². The minimum absolute atomic E-state index is 0.00714. The highest BCUT2D eigenvalue weighted by atomic mass is 16.2. The molecule has 1 N–H and O–H groups in total. The Morgan fingerprint density at radius 2 is 1.50 bits per heavy atom. The average molecular weight is 482 g/mol. The van der Waals surface area contributed by atoms with Gasteiger partial charge in [-0.05, 0) is 49.4 Å². The fourth-order valence-electron chi connectivity index (χ4n) is 5.91. The highest BCUT2D eigenvalue weighted by Crippen LogP contribution is 2.29. The summed E-state index contributed by atoms with van der Waals surface area (Å²) in [7, 11) is 0. The van der Waals surface area contributed by atoms with Crippen LogP contribution in [0.1, 0.15) is 42.1 Å². The Bertz CT molecular complexity index is 1410. The standard InChI is InChI=1S/C29H31N5O2/c35-28(23-18-22(19-30-20-23)21-6-2-1-3-7-21)33-16-10-24(11-17-33)32-14-12-25(13-15-32)34-27-9-5-4-8-26(27)31-29(34)36/h1-9,18-20,24-25H,10-17H2,(H,31,36). The van der Waals surface area contributed by atoms with Gasteiger partial charge in [0.25, 0.3) is 5.91 Å². The summed E-state index contributed by atoms with van der Waals surface area (Å²) < 4.78 is 1.95. The summed E-state index contributed by atoms with van der Waals surface area (Å²) in [5.41, 5.74) is 4.59. The van der Waals surface area contributed by atoms with Crippen molar-refractivity contribution in [1.29, 1.82) is 0 Å². The minimum Gasteiger partial charge on any atom is -0.338 e. The molecule has 2 aliphatic rings. The lowest BCUT2D eigenvalue weighted by atomic mass is 9.97. The van der Waals surface area contributed by atoms with Crippen molar-refractivity contribution in [2.75, 3.05) is 26.2 Å². The Kier molecular flexibility index (Phi) is 6.15. The number of piperidine rings is 2. The van der Waals surface area contributed by atoms with E-state index in [4.69, 9.17) is 0 Å². The van der Waals surface area contributed by atoms with Crippen molar-refractivity contribution in [1.82, 2.24) is 24.3 Å². The van der Waals surface area contributed by atoms with E-state index in [9.17, 15) is 9.59 Å². The molecule has 0 saturated carbocycles. The van der Waals surface area contributed by atoms with Gasteiger partial charge in [0.2, 0.25) is 0 Å². The normalized spacial score (nSPS) is 18.1. The maximum absolute atomic E-state index is 13.2. The number of benzene rings is 2. The van der Waals surface area contributed by atoms with Crippen LogP contribution in [0.5, 0.6) is 0 Å². The molecular weight excluding hydrogens is 450 g/mol. The first-order valence-electron chi connectivity index (χ1n) is 12.9. The van der Waals surface area contributed by atoms with E-state index >= 15 is 0 Å². The number of aromatic amines is 1. The molecule has 0 atom stereocenters. The third kappa shape index (κ3) is 4.35. The highest BCUT2D eigenvalue weighted by molar-refractivity contribution is 5.95. The molecule has 4 heterocycles. The van der Waals surface area contributed by atoms with Crippen molar-refractivity contribution < 1.29 is 4.79 Å². The zero-order valence-electron chi connectivity index (χ0n) is 20.3. The molecule has 1 amide bonds. The molecule has 0 unspecified atom stereocenters. The van der Waals surface area contributed by atoms with E-state index in [1.165, 1.54) is 0 Å². The fourth-order valence-corrected chi connectivity index (χ4v) is 5.91. The fraction of sp³-hybridized carbons (Fsp3) is 0.345. The second kappa shape index (κ2) is 9.74. The summed E-state index contributed by atoms with van der Waals surface area (Å²) in [6.07, 6.45) is 7.40. The van der Waals surface area contributed by atoms with Gasteiger partial charge < -0.3 is 14.8 Å². The lowest BCUT2D eigenvalue weighted by Crippen LogP contribution is -2.49. The van der Waals surface area contributed by atoms with Crippen molar-refractivity contribution in [3.8, 4) is 11.1 Å². The van der Waals surface area contributed by atoms with Crippen molar-refractivity contribution >= 4 is 16.9 Å². The van der Waals surface area contributed by atoms with E-state index in [0.29, 0.717) is 11.6 Å². The quantitative estimate of drug-likeness (QED) is 0.471. The number of fused-ring (bicyclic) bond motifs is 1. The number of imidazole rings is 1. The van der Waals surface area contributed by atoms with Gasteiger partial charge in [0, 0.05) is 56.2 Å². The number of hydrogen-bond donors (Lipinski definition) is 1. The van der Waals surface area contributed by atoms with Crippen molar-refractivity contribution in [2.24, 2.45) is 0 Å². The van der Waals surface area contributed by atoms with Gasteiger partial charge in [0.1, 0.15) is 0 Å². The van der Waals surface area contributed by atoms with Crippen LogP contribution in [0.2, 0.25) is 0 Å². The Morgan fingerprint density at radius 3 is 2.28 bits per heavy atom. The largest absolute Gasteiger partial charge is 0.338 e. The molecule has 184 valence electrons. The number of carbonyl (C=O) groups excluding carboxylic acids is 1. The van der Waals surface area contributed by atoms with Crippen molar-refractivity contribution in [2.45, 2.75) is 37.8 Å². The van der Waals surface area contributed by atoms with Crippen LogP contribution in [0.4, 0.5) is 0 Å². The van der Waals surface area contributed by atoms with Gasteiger partial charge >= 0.3 is 5.69 Å². The molecular formula is C29H31N5O2. The molecule has 36 heavy (non-hydrogen) atoms. The zero-order valence-corrected chi connectivity index (χ0v) is 20.3. The van der Waals surface area contributed by atoms with Gasteiger partial charge in [-0.15, -0.1) is 0 Å². The summed E-state index contributed by atoms with van der Waals surface area (Å²) in [6, 6.07) is 20.7. The first-order chi connectivity index (χ1) is 17.7. The number of rotatable bonds is 4. The van der Waals surface area contributed by atoms with E-state index in [1.54, 1.807) is 6.20 Å². The number of likely N-dealkylation sites (tertiary alicyclic amines) is 2. The molecule has 7 nitrogen and oxygen atoms in total. The number of carbonyl (C=O) groups is 1. The van der Waals surface area contributed by atoms with Crippen molar-refractivity contribution in [3.05, 3.63) is 89.1 Å². The monoisotopic (exact) mass is 481 g/mol. The van der Waals surface area contributed by atoms with Crippen LogP contribution in [0.3, 0.4) is 0 Å². The number of H-pyrrole nitrogens is 1. The Morgan fingerprint density at radius 1 is 0.806 bits per heavy atom.